The molecule has 1 aliphatic rings. The van der Waals surface area contributed by atoms with E-state index in [-0.39, 0.29) is 0 Å². The quantitative estimate of drug-likeness (QED) is 0.249. The van der Waals surface area contributed by atoms with Gasteiger partial charge in [-0.05, 0) is 38.3 Å². The van der Waals surface area contributed by atoms with Crippen molar-refractivity contribution in [1.29, 1.82) is 0 Å². The Morgan fingerprint density at radius 2 is 1.94 bits per heavy atom. The van der Waals surface area contributed by atoms with E-state index in [1.165, 1.54) is 16.0 Å². The van der Waals surface area contributed by atoms with Crippen LogP contribution in [0.25, 0.3) is 28.5 Å². The summed E-state index contributed by atoms with van der Waals surface area (Å²) in [7, 11) is 0. The lowest BCUT2D eigenvalue weighted by molar-refractivity contribution is 0.596. The highest BCUT2D eigenvalue weighted by Gasteiger charge is 2.19. The van der Waals surface area contributed by atoms with Crippen molar-refractivity contribution in [2.75, 3.05) is 18.4 Å². The van der Waals surface area contributed by atoms with Gasteiger partial charge in [0.1, 0.15) is 17.7 Å². The molecule has 0 fully saturated rings. The third kappa shape index (κ3) is 4.98. The molecule has 34 heavy (non-hydrogen) atoms. The second-order valence-corrected chi connectivity index (χ2v) is 9.09. The zero-order valence-electron chi connectivity index (χ0n) is 19.2. The SMILES string of the molecule is CC1=CC=C(SNCCNc2nccc(-c3c(-c4ccc(C)cc4)nc4occn34)n2)CC=C1. The Labute approximate surface area is 202 Å². The van der Waals surface area contributed by atoms with Crippen LogP contribution in [0.5, 0.6) is 0 Å². The maximum atomic E-state index is 5.56. The van der Waals surface area contributed by atoms with Gasteiger partial charge in [0.05, 0.1) is 5.69 Å². The van der Waals surface area contributed by atoms with E-state index in [9.17, 15) is 0 Å². The largest absolute Gasteiger partial charge is 0.432 e. The first-order valence-corrected chi connectivity index (χ1v) is 12.0. The van der Waals surface area contributed by atoms with E-state index in [0.29, 0.717) is 18.3 Å². The van der Waals surface area contributed by atoms with Crippen LogP contribution in [0.4, 0.5) is 5.95 Å². The Morgan fingerprint density at radius 3 is 2.82 bits per heavy atom. The standard InChI is InChI=1S/C26H26N6OS/c1-18-4-3-5-21(11-8-18)34-29-15-14-28-25-27-13-12-22(30-25)24-23(20-9-6-19(2)7-10-20)31-26-32(24)16-17-33-26/h3-4,6-13,16-17,29H,5,14-15H2,1-2H3,(H,27,28,30). The summed E-state index contributed by atoms with van der Waals surface area (Å²) in [6.07, 6.45) is 14.9. The van der Waals surface area contributed by atoms with E-state index in [1.54, 1.807) is 24.4 Å². The molecule has 8 heteroatoms. The van der Waals surface area contributed by atoms with Crippen molar-refractivity contribution in [2.45, 2.75) is 20.3 Å². The topological polar surface area (TPSA) is 80.3 Å². The fourth-order valence-corrected chi connectivity index (χ4v) is 4.38. The van der Waals surface area contributed by atoms with E-state index in [0.717, 1.165) is 35.6 Å². The number of nitrogens with one attached hydrogen (secondary N) is 2. The number of imidazole rings is 1. The minimum Gasteiger partial charge on any atom is -0.432 e. The van der Waals surface area contributed by atoms with E-state index < -0.39 is 0 Å². The maximum absolute atomic E-state index is 5.56. The number of aryl methyl sites for hydroxylation is 1. The van der Waals surface area contributed by atoms with Crippen molar-refractivity contribution < 1.29 is 4.42 Å². The molecule has 1 aliphatic carbocycles. The molecule has 3 heterocycles. The summed E-state index contributed by atoms with van der Waals surface area (Å²) in [6.45, 7) is 5.65. The summed E-state index contributed by atoms with van der Waals surface area (Å²) in [4.78, 5) is 15.2. The molecule has 172 valence electrons. The molecule has 0 unspecified atom stereocenters. The zero-order valence-corrected chi connectivity index (χ0v) is 20.0. The van der Waals surface area contributed by atoms with Gasteiger partial charge in [0.25, 0.3) is 0 Å². The predicted molar refractivity (Wildman–Crippen MR) is 138 cm³/mol. The maximum Gasteiger partial charge on any atom is 0.306 e. The van der Waals surface area contributed by atoms with Crippen LogP contribution in [-0.2, 0) is 0 Å². The number of hydrogen-bond acceptors (Lipinski definition) is 7. The van der Waals surface area contributed by atoms with Gasteiger partial charge < -0.3 is 9.73 Å². The number of nitrogens with zero attached hydrogens (tertiary/aromatic N) is 4. The molecule has 0 amide bonds. The second kappa shape index (κ2) is 10.1. The van der Waals surface area contributed by atoms with Crippen LogP contribution < -0.4 is 10.0 Å². The molecule has 4 aromatic rings. The van der Waals surface area contributed by atoms with E-state index in [4.69, 9.17) is 14.4 Å². The Bertz CT molecular complexity index is 1380. The average molecular weight is 471 g/mol. The van der Waals surface area contributed by atoms with Gasteiger partial charge in [-0.15, -0.1) is 0 Å². The lowest BCUT2D eigenvalue weighted by Crippen LogP contribution is -2.17. The molecule has 3 aromatic heterocycles. The van der Waals surface area contributed by atoms with Crippen LogP contribution in [0.1, 0.15) is 18.9 Å². The number of anilines is 1. The molecule has 7 nitrogen and oxygen atoms in total. The summed E-state index contributed by atoms with van der Waals surface area (Å²) >= 11 is 1.66. The second-order valence-electron chi connectivity index (χ2n) is 8.07. The van der Waals surface area contributed by atoms with Gasteiger partial charge in [0.15, 0.2) is 0 Å². The Morgan fingerprint density at radius 1 is 1.06 bits per heavy atom. The molecule has 0 spiro atoms. The number of oxazole rings is 1. The molecule has 1 aromatic carbocycles. The summed E-state index contributed by atoms with van der Waals surface area (Å²) in [5, 5.41) is 3.32. The highest BCUT2D eigenvalue weighted by atomic mass is 32.2. The average Bonchev–Trinajstić information content (AvgIpc) is 3.37. The smallest absolute Gasteiger partial charge is 0.306 e. The summed E-state index contributed by atoms with van der Waals surface area (Å²) in [5.41, 5.74) is 5.97. The highest BCUT2D eigenvalue weighted by molar-refractivity contribution is 8.01. The number of rotatable bonds is 8. The fraction of sp³-hybridized carbons (Fsp3) is 0.192. The van der Waals surface area contributed by atoms with Crippen molar-refractivity contribution in [1.82, 2.24) is 24.1 Å². The van der Waals surface area contributed by atoms with Crippen LogP contribution in [-0.4, -0.2) is 32.4 Å². The van der Waals surface area contributed by atoms with E-state index in [2.05, 4.69) is 77.4 Å². The molecular weight excluding hydrogens is 444 g/mol. The van der Waals surface area contributed by atoms with Crippen LogP contribution in [0, 0.1) is 6.92 Å². The lowest BCUT2D eigenvalue weighted by Gasteiger charge is -2.09. The number of hydrogen-bond donors (Lipinski definition) is 2. The third-order valence-corrected chi connectivity index (χ3v) is 6.34. The van der Waals surface area contributed by atoms with Crippen LogP contribution in [0.3, 0.4) is 0 Å². The normalized spacial score (nSPS) is 13.6. The Hall–Kier alpha value is -3.62. The number of benzene rings is 1. The van der Waals surface area contributed by atoms with Crippen LogP contribution in [0.2, 0.25) is 0 Å². The molecule has 0 bridgehead atoms. The van der Waals surface area contributed by atoms with Crippen molar-refractivity contribution >= 4 is 23.7 Å². The van der Waals surface area contributed by atoms with Gasteiger partial charge in [-0.25, -0.2) is 9.97 Å². The van der Waals surface area contributed by atoms with Gasteiger partial charge in [-0.1, -0.05) is 59.7 Å². The van der Waals surface area contributed by atoms with Crippen molar-refractivity contribution in [3.8, 4) is 22.6 Å². The van der Waals surface area contributed by atoms with Crippen LogP contribution >= 0.6 is 11.9 Å². The first-order chi connectivity index (χ1) is 16.7. The predicted octanol–water partition coefficient (Wildman–Crippen LogP) is 5.80. The summed E-state index contributed by atoms with van der Waals surface area (Å²) in [5.74, 6) is 1.11. The van der Waals surface area contributed by atoms with Gasteiger partial charge in [0.2, 0.25) is 5.95 Å². The van der Waals surface area contributed by atoms with Gasteiger partial charge in [-0.2, -0.15) is 4.98 Å². The molecule has 2 N–H and O–H groups in total. The Balaban J connectivity index is 1.28. The minimum absolute atomic E-state index is 0.535. The van der Waals surface area contributed by atoms with Crippen molar-refractivity contribution in [3.63, 3.8) is 0 Å². The molecular formula is C26H26N6OS. The first-order valence-electron chi connectivity index (χ1n) is 11.2. The molecule has 0 radical (unpaired) electrons. The third-order valence-electron chi connectivity index (χ3n) is 5.43. The monoisotopic (exact) mass is 470 g/mol. The minimum atomic E-state index is 0.535. The van der Waals surface area contributed by atoms with E-state index >= 15 is 0 Å². The van der Waals surface area contributed by atoms with Crippen molar-refractivity contribution in [2.24, 2.45) is 0 Å². The zero-order chi connectivity index (χ0) is 23.3. The highest BCUT2D eigenvalue weighted by Crippen LogP contribution is 2.32. The number of fused-ring (bicyclic) bond motifs is 1. The molecule has 0 saturated carbocycles. The van der Waals surface area contributed by atoms with E-state index in [1.807, 2.05) is 16.7 Å². The summed E-state index contributed by atoms with van der Waals surface area (Å²) in [6, 6.07) is 10.2. The van der Waals surface area contributed by atoms with Crippen molar-refractivity contribution in [3.05, 3.63) is 89.3 Å². The number of allylic oxidation sites excluding steroid dienone is 6. The molecule has 0 atom stereocenters. The summed E-state index contributed by atoms with van der Waals surface area (Å²) < 4.78 is 10.9. The first kappa shape index (κ1) is 22.2. The van der Waals surface area contributed by atoms with Gasteiger partial charge >= 0.3 is 5.84 Å². The lowest BCUT2D eigenvalue weighted by atomic mass is 10.1. The molecule has 0 aliphatic heterocycles. The molecule has 0 saturated heterocycles. The van der Waals surface area contributed by atoms with Crippen LogP contribution in [0.15, 0.2) is 88.2 Å². The number of aromatic nitrogens is 4. The van der Waals surface area contributed by atoms with Gasteiger partial charge in [-0.3, -0.25) is 9.12 Å². The van der Waals surface area contributed by atoms with Gasteiger partial charge in [0, 0.05) is 36.0 Å². The molecule has 5 rings (SSSR count). The Kier molecular flexibility index (Phi) is 6.60. The fourth-order valence-electron chi connectivity index (χ4n) is 3.67.